The minimum Gasteiger partial charge on any atom is -0.493 e. The van der Waals surface area contributed by atoms with E-state index in [1.165, 1.54) is 13.3 Å². The van der Waals surface area contributed by atoms with Crippen LogP contribution >= 0.6 is 22.6 Å². The zero-order valence-corrected chi connectivity index (χ0v) is 15.3. The van der Waals surface area contributed by atoms with Crippen molar-refractivity contribution >= 4 is 40.7 Å². The lowest BCUT2D eigenvalue weighted by atomic mass is 10.2. The average Bonchev–Trinajstić information content (AvgIpc) is 2.98. The SMILES string of the molecule is C#CCOc1c(I)cc(/C=N\NC(=O)Cn2nnnc2N)cc1OC. The van der Waals surface area contributed by atoms with Crippen LogP contribution in [0, 0.1) is 15.9 Å². The fourth-order valence-electron chi connectivity index (χ4n) is 1.74. The monoisotopic (exact) mass is 455 g/mol. The van der Waals surface area contributed by atoms with Crippen molar-refractivity contribution in [2.24, 2.45) is 5.10 Å². The van der Waals surface area contributed by atoms with E-state index in [1.54, 1.807) is 6.07 Å². The van der Waals surface area contributed by atoms with Crippen molar-refractivity contribution < 1.29 is 14.3 Å². The molecule has 0 spiro atoms. The van der Waals surface area contributed by atoms with Crippen molar-refractivity contribution in [1.29, 1.82) is 0 Å². The second kappa shape index (κ2) is 8.83. The Kier molecular flexibility index (Phi) is 6.52. The molecular weight excluding hydrogens is 441 g/mol. The number of halogens is 1. The van der Waals surface area contributed by atoms with Crippen LogP contribution in [0.5, 0.6) is 11.5 Å². The van der Waals surface area contributed by atoms with Crippen molar-refractivity contribution in [3.8, 4) is 23.8 Å². The first-order valence-electron chi connectivity index (χ1n) is 6.82. The van der Waals surface area contributed by atoms with E-state index in [0.29, 0.717) is 17.1 Å². The maximum Gasteiger partial charge on any atom is 0.261 e. The molecule has 0 fully saturated rings. The van der Waals surface area contributed by atoms with Gasteiger partial charge in [-0.1, -0.05) is 11.0 Å². The summed E-state index contributed by atoms with van der Waals surface area (Å²) in [4.78, 5) is 11.8. The molecule has 0 atom stereocenters. The molecule has 2 rings (SSSR count). The topological polar surface area (TPSA) is 130 Å². The molecule has 0 saturated carbocycles. The van der Waals surface area contributed by atoms with Crippen molar-refractivity contribution in [3.63, 3.8) is 0 Å². The first-order chi connectivity index (χ1) is 12.0. The Morgan fingerprint density at radius 2 is 2.40 bits per heavy atom. The van der Waals surface area contributed by atoms with Gasteiger partial charge in [0.15, 0.2) is 11.5 Å². The lowest BCUT2D eigenvalue weighted by Gasteiger charge is -2.11. The van der Waals surface area contributed by atoms with Crippen LogP contribution < -0.4 is 20.6 Å². The first kappa shape index (κ1) is 18.5. The van der Waals surface area contributed by atoms with Gasteiger partial charge in [0.25, 0.3) is 5.91 Å². The molecular formula is C14H14IN7O3. The summed E-state index contributed by atoms with van der Waals surface area (Å²) in [5, 5.41) is 14.3. The minimum absolute atomic E-state index is 0.0426. The Morgan fingerprint density at radius 3 is 3.04 bits per heavy atom. The Bertz CT molecular complexity index is 828. The number of nitrogens with two attached hydrogens (primary N) is 1. The molecule has 11 heteroatoms. The number of hydrogen-bond donors (Lipinski definition) is 2. The van der Waals surface area contributed by atoms with Gasteiger partial charge in [0.05, 0.1) is 16.9 Å². The number of carbonyl (C=O) groups is 1. The van der Waals surface area contributed by atoms with Crippen LogP contribution in [0.4, 0.5) is 5.95 Å². The number of nitrogen functional groups attached to an aromatic ring is 1. The van der Waals surface area contributed by atoms with Gasteiger partial charge in [-0.2, -0.15) is 5.10 Å². The van der Waals surface area contributed by atoms with Crippen LogP contribution in [0.3, 0.4) is 0 Å². The number of hydrazone groups is 1. The normalized spacial score (nSPS) is 10.4. The van der Waals surface area contributed by atoms with E-state index in [-0.39, 0.29) is 19.1 Å². The Balaban J connectivity index is 2.03. The summed E-state index contributed by atoms with van der Waals surface area (Å²) < 4.78 is 12.7. The molecule has 2 aromatic rings. The summed E-state index contributed by atoms with van der Waals surface area (Å²) in [6, 6.07) is 3.52. The quantitative estimate of drug-likeness (QED) is 0.261. The zero-order chi connectivity index (χ0) is 18.2. The summed E-state index contributed by atoms with van der Waals surface area (Å²) >= 11 is 2.10. The zero-order valence-electron chi connectivity index (χ0n) is 13.1. The molecule has 0 unspecified atom stereocenters. The minimum atomic E-state index is -0.425. The molecule has 0 aliphatic rings. The first-order valence-corrected chi connectivity index (χ1v) is 7.90. The third kappa shape index (κ3) is 5.05. The average molecular weight is 455 g/mol. The highest BCUT2D eigenvalue weighted by Gasteiger charge is 2.11. The highest BCUT2D eigenvalue weighted by molar-refractivity contribution is 14.1. The van der Waals surface area contributed by atoms with E-state index < -0.39 is 5.91 Å². The number of ether oxygens (including phenoxy) is 2. The fraction of sp³-hybridized carbons (Fsp3) is 0.214. The van der Waals surface area contributed by atoms with Gasteiger partial charge in [-0.25, -0.2) is 10.1 Å². The second-order valence-corrected chi connectivity index (χ2v) is 5.68. The molecule has 0 bridgehead atoms. The van der Waals surface area contributed by atoms with E-state index in [0.717, 1.165) is 8.25 Å². The number of methoxy groups -OCH3 is 1. The Labute approximate surface area is 156 Å². The van der Waals surface area contributed by atoms with Crippen LogP contribution in [0.1, 0.15) is 5.56 Å². The predicted octanol–water partition coefficient (Wildman–Crippen LogP) is 0.0308. The number of terminal acetylenes is 1. The number of amides is 1. The third-order valence-corrected chi connectivity index (χ3v) is 3.61. The summed E-state index contributed by atoms with van der Waals surface area (Å²) in [5.74, 6) is 3.08. The number of hydrogen-bond acceptors (Lipinski definition) is 8. The molecule has 0 aliphatic carbocycles. The number of tetrazole rings is 1. The standard InChI is InChI=1S/C14H14IN7O3/c1-3-4-25-13-10(15)5-9(6-11(13)24-2)7-17-18-12(23)8-22-14(16)19-20-21-22/h1,5-7H,4,8H2,2H3,(H,18,23)(H2,16,19,21)/b17-7-. The molecule has 1 amide bonds. The van der Waals surface area contributed by atoms with E-state index in [1.807, 2.05) is 6.07 Å². The Hall–Kier alpha value is -2.88. The lowest BCUT2D eigenvalue weighted by molar-refractivity contribution is -0.121. The van der Waals surface area contributed by atoms with E-state index in [2.05, 4.69) is 54.6 Å². The summed E-state index contributed by atoms with van der Waals surface area (Å²) in [5.41, 5.74) is 8.54. The van der Waals surface area contributed by atoms with Gasteiger partial charge < -0.3 is 15.2 Å². The molecule has 0 saturated heterocycles. The molecule has 10 nitrogen and oxygen atoms in total. The number of nitrogens with zero attached hydrogens (tertiary/aromatic N) is 5. The number of anilines is 1. The predicted molar refractivity (Wildman–Crippen MR) is 98.0 cm³/mol. The maximum atomic E-state index is 11.8. The van der Waals surface area contributed by atoms with Crippen LogP contribution in [0.15, 0.2) is 17.2 Å². The number of rotatable bonds is 7. The van der Waals surface area contributed by atoms with Crippen LogP contribution in [-0.4, -0.2) is 46.0 Å². The van der Waals surface area contributed by atoms with Crippen molar-refractivity contribution in [1.82, 2.24) is 25.6 Å². The Morgan fingerprint density at radius 1 is 1.60 bits per heavy atom. The van der Waals surface area contributed by atoms with Crippen LogP contribution in [-0.2, 0) is 11.3 Å². The molecule has 0 aliphatic heterocycles. The third-order valence-electron chi connectivity index (χ3n) is 2.81. The second-order valence-electron chi connectivity index (χ2n) is 4.51. The van der Waals surface area contributed by atoms with E-state index >= 15 is 0 Å². The maximum absolute atomic E-state index is 11.8. The number of carbonyl (C=O) groups excluding carboxylic acids is 1. The van der Waals surface area contributed by atoms with Gasteiger partial charge in [0.1, 0.15) is 13.2 Å². The van der Waals surface area contributed by atoms with Gasteiger partial charge in [0, 0.05) is 0 Å². The fourth-order valence-corrected chi connectivity index (χ4v) is 2.52. The summed E-state index contributed by atoms with van der Waals surface area (Å²) in [7, 11) is 1.52. The number of benzene rings is 1. The van der Waals surface area contributed by atoms with Crippen LogP contribution in [0.25, 0.3) is 0 Å². The molecule has 1 heterocycles. The molecule has 1 aromatic carbocycles. The highest BCUT2D eigenvalue weighted by Crippen LogP contribution is 2.33. The lowest BCUT2D eigenvalue weighted by Crippen LogP contribution is -2.24. The van der Waals surface area contributed by atoms with Gasteiger partial charge in [-0.3, -0.25) is 4.79 Å². The smallest absolute Gasteiger partial charge is 0.261 e. The van der Waals surface area contributed by atoms with Crippen LogP contribution in [0.2, 0.25) is 0 Å². The van der Waals surface area contributed by atoms with Gasteiger partial charge in [-0.05, 0) is 50.7 Å². The molecule has 130 valence electrons. The summed E-state index contributed by atoms with van der Waals surface area (Å²) in [6.07, 6.45) is 6.67. The number of aromatic nitrogens is 4. The molecule has 0 radical (unpaired) electrons. The highest BCUT2D eigenvalue weighted by atomic mass is 127. The van der Waals surface area contributed by atoms with Gasteiger partial charge in [0.2, 0.25) is 5.95 Å². The van der Waals surface area contributed by atoms with Crippen molar-refractivity contribution in [2.75, 3.05) is 19.5 Å². The summed E-state index contributed by atoms with van der Waals surface area (Å²) in [6.45, 7) is -0.00791. The van der Waals surface area contributed by atoms with Gasteiger partial charge in [-0.15, -0.1) is 6.42 Å². The molecule has 1 aromatic heterocycles. The van der Waals surface area contributed by atoms with Gasteiger partial charge >= 0.3 is 0 Å². The van der Waals surface area contributed by atoms with Crippen molar-refractivity contribution in [3.05, 3.63) is 21.3 Å². The molecule has 3 N–H and O–H groups in total. The van der Waals surface area contributed by atoms with E-state index in [9.17, 15) is 4.79 Å². The molecule has 25 heavy (non-hydrogen) atoms. The van der Waals surface area contributed by atoms with E-state index in [4.69, 9.17) is 21.6 Å². The van der Waals surface area contributed by atoms with Crippen molar-refractivity contribution in [2.45, 2.75) is 6.54 Å². The largest absolute Gasteiger partial charge is 0.493 e. The number of nitrogens with one attached hydrogen (secondary N) is 1.